The minimum Gasteiger partial charge on any atom is -0.479 e. The lowest BCUT2D eigenvalue weighted by Gasteiger charge is -2.21. The van der Waals surface area contributed by atoms with Gasteiger partial charge in [0.1, 0.15) is 5.75 Å². The first-order valence-electron chi connectivity index (χ1n) is 11.9. The maximum atomic E-state index is 11.5. The van der Waals surface area contributed by atoms with Gasteiger partial charge in [-0.15, -0.1) is 11.3 Å². The minimum atomic E-state index is -0.960. The Labute approximate surface area is 222 Å². The van der Waals surface area contributed by atoms with Crippen LogP contribution < -0.4 is 4.74 Å². The number of aliphatic carboxylic acids is 1. The summed E-state index contributed by atoms with van der Waals surface area (Å²) in [5.74, 6) is 0.376. The highest BCUT2D eigenvalue weighted by Crippen LogP contribution is 2.43. The Kier molecular flexibility index (Phi) is 7.25. The Hall–Kier alpha value is -3.69. The van der Waals surface area contributed by atoms with Crippen LogP contribution in [0.15, 0.2) is 71.1 Å². The van der Waals surface area contributed by atoms with Crippen molar-refractivity contribution in [2.45, 2.75) is 42.4 Å². The smallest absolute Gasteiger partial charge is 0.344 e. The molecule has 0 fully saturated rings. The number of nitro benzene ring substituents is 1. The highest BCUT2D eigenvalue weighted by molar-refractivity contribution is 8.00. The molecular formula is C28H24N2O5S2. The summed E-state index contributed by atoms with van der Waals surface area (Å²) in [4.78, 5) is 28.3. The number of benzene rings is 3. The normalized spacial score (nSPS) is 12.9. The molecule has 0 bridgehead atoms. The Bertz CT molecular complexity index is 1470. The average molecular weight is 533 g/mol. The standard InChI is InChI=1S/C28H24N2O5S2/c1-2-23(27(31)32)35-24-9-5-8-22-21(24)14-15-25-26(22)29-28(37-25)36-16-18-6-3-4-7-20(18)17-10-12-19(13-11-17)30(33)34/h3-13,23H,2,14-16H2,1H3,(H,31,32). The fourth-order valence-corrected chi connectivity index (χ4v) is 6.66. The first kappa shape index (κ1) is 25.0. The molecule has 0 saturated carbocycles. The Morgan fingerprint density at radius 2 is 1.86 bits per heavy atom. The van der Waals surface area contributed by atoms with Gasteiger partial charge in [0, 0.05) is 33.9 Å². The number of carboxylic acid groups (broad SMARTS) is 1. The molecule has 1 aromatic heterocycles. The zero-order valence-electron chi connectivity index (χ0n) is 20.0. The number of thiazole rings is 1. The monoisotopic (exact) mass is 532 g/mol. The zero-order valence-corrected chi connectivity index (χ0v) is 21.7. The van der Waals surface area contributed by atoms with E-state index in [2.05, 4.69) is 6.07 Å². The predicted molar refractivity (Wildman–Crippen MR) is 145 cm³/mol. The summed E-state index contributed by atoms with van der Waals surface area (Å²) in [6.45, 7) is 1.80. The quantitative estimate of drug-likeness (QED) is 0.140. The fourth-order valence-electron chi connectivity index (χ4n) is 4.46. The van der Waals surface area contributed by atoms with Gasteiger partial charge in [-0.1, -0.05) is 55.1 Å². The molecule has 7 nitrogen and oxygen atoms in total. The van der Waals surface area contributed by atoms with Crippen molar-refractivity contribution in [3.8, 4) is 28.1 Å². The number of carbonyl (C=O) groups is 1. The Morgan fingerprint density at radius 3 is 2.59 bits per heavy atom. The van der Waals surface area contributed by atoms with Gasteiger partial charge in [-0.05, 0) is 54.2 Å². The second-order valence-electron chi connectivity index (χ2n) is 8.64. The Balaban J connectivity index is 1.37. The molecule has 0 saturated heterocycles. The first-order valence-corrected chi connectivity index (χ1v) is 13.7. The van der Waals surface area contributed by atoms with Gasteiger partial charge in [0.05, 0.1) is 10.6 Å². The largest absolute Gasteiger partial charge is 0.479 e. The van der Waals surface area contributed by atoms with E-state index in [1.54, 1.807) is 42.2 Å². The lowest BCUT2D eigenvalue weighted by atomic mass is 9.92. The number of aryl methyl sites for hydroxylation is 1. The molecule has 0 radical (unpaired) electrons. The van der Waals surface area contributed by atoms with Crippen LogP contribution in [0.1, 0.15) is 29.3 Å². The molecule has 1 aliphatic rings. The molecule has 188 valence electrons. The van der Waals surface area contributed by atoms with Gasteiger partial charge in [-0.2, -0.15) is 0 Å². The third-order valence-corrected chi connectivity index (χ3v) is 8.65. The van der Waals surface area contributed by atoms with Crippen molar-refractivity contribution < 1.29 is 19.6 Å². The predicted octanol–water partition coefficient (Wildman–Crippen LogP) is 7.02. The number of aromatic nitrogens is 1. The van der Waals surface area contributed by atoms with Crippen LogP contribution in [-0.4, -0.2) is 27.1 Å². The highest BCUT2D eigenvalue weighted by atomic mass is 32.2. The maximum absolute atomic E-state index is 11.5. The summed E-state index contributed by atoms with van der Waals surface area (Å²) in [6, 6.07) is 20.5. The number of hydrogen-bond acceptors (Lipinski definition) is 7. The number of hydrogen-bond donors (Lipinski definition) is 1. The lowest BCUT2D eigenvalue weighted by molar-refractivity contribution is -0.384. The van der Waals surface area contributed by atoms with Crippen molar-refractivity contribution in [1.82, 2.24) is 4.98 Å². The molecule has 1 atom stereocenters. The summed E-state index contributed by atoms with van der Waals surface area (Å²) in [5, 5.41) is 20.4. The van der Waals surface area contributed by atoms with Crippen LogP contribution in [0.5, 0.6) is 5.75 Å². The van der Waals surface area contributed by atoms with Crippen LogP contribution >= 0.6 is 23.1 Å². The molecule has 1 N–H and O–H groups in total. The van der Waals surface area contributed by atoms with E-state index in [4.69, 9.17) is 9.72 Å². The van der Waals surface area contributed by atoms with E-state index in [1.165, 1.54) is 17.0 Å². The molecule has 37 heavy (non-hydrogen) atoms. The number of non-ortho nitro benzene ring substituents is 1. The topological polar surface area (TPSA) is 103 Å². The van der Waals surface area contributed by atoms with E-state index < -0.39 is 17.0 Å². The van der Waals surface area contributed by atoms with Crippen molar-refractivity contribution in [3.05, 3.63) is 92.8 Å². The molecule has 0 spiro atoms. The number of rotatable bonds is 9. The van der Waals surface area contributed by atoms with Gasteiger partial charge in [-0.3, -0.25) is 10.1 Å². The fraction of sp³-hybridized carbons (Fsp3) is 0.214. The van der Waals surface area contributed by atoms with Crippen LogP contribution in [0.25, 0.3) is 22.4 Å². The molecular weight excluding hydrogens is 508 g/mol. The number of carboxylic acids is 1. The maximum Gasteiger partial charge on any atom is 0.344 e. The van der Waals surface area contributed by atoms with E-state index in [0.717, 1.165) is 50.7 Å². The number of nitro groups is 1. The third kappa shape index (κ3) is 5.23. The van der Waals surface area contributed by atoms with E-state index in [0.29, 0.717) is 17.9 Å². The summed E-state index contributed by atoms with van der Waals surface area (Å²) >= 11 is 3.37. The molecule has 1 unspecified atom stereocenters. The first-order chi connectivity index (χ1) is 17.9. The molecule has 4 aromatic rings. The van der Waals surface area contributed by atoms with Crippen LogP contribution in [0.4, 0.5) is 5.69 Å². The van der Waals surface area contributed by atoms with Gasteiger partial charge in [0.15, 0.2) is 10.4 Å². The number of fused-ring (bicyclic) bond motifs is 3. The van der Waals surface area contributed by atoms with Crippen LogP contribution in [0.3, 0.4) is 0 Å². The summed E-state index contributed by atoms with van der Waals surface area (Å²) in [7, 11) is 0. The van der Waals surface area contributed by atoms with E-state index in [1.807, 2.05) is 36.4 Å². The highest BCUT2D eigenvalue weighted by Gasteiger charge is 2.26. The van der Waals surface area contributed by atoms with Crippen LogP contribution in [0, 0.1) is 10.1 Å². The Morgan fingerprint density at radius 1 is 1.11 bits per heavy atom. The SMILES string of the molecule is CCC(Oc1cccc2c1CCc1sc(SCc3ccccc3-c3ccc([N+](=O)[O-])cc3)nc1-2)C(=O)O. The summed E-state index contributed by atoms with van der Waals surface area (Å²) in [5.41, 5.74) is 6.16. The molecule has 0 amide bonds. The van der Waals surface area contributed by atoms with Gasteiger partial charge in [0.25, 0.3) is 5.69 Å². The van der Waals surface area contributed by atoms with Crippen molar-refractivity contribution >= 4 is 34.8 Å². The van der Waals surface area contributed by atoms with Crippen LogP contribution in [-0.2, 0) is 23.4 Å². The second kappa shape index (κ2) is 10.7. The van der Waals surface area contributed by atoms with Crippen molar-refractivity contribution in [1.29, 1.82) is 0 Å². The van der Waals surface area contributed by atoms with Crippen LogP contribution in [0.2, 0.25) is 0 Å². The molecule has 1 heterocycles. The third-order valence-electron chi connectivity index (χ3n) is 6.34. The van der Waals surface area contributed by atoms with Crippen molar-refractivity contribution in [2.24, 2.45) is 0 Å². The summed E-state index contributed by atoms with van der Waals surface area (Å²) < 4.78 is 6.83. The van der Waals surface area contributed by atoms with Gasteiger partial charge in [0.2, 0.25) is 0 Å². The molecule has 1 aliphatic carbocycles. The van der Waals surface area contributed by atoms with Gasteiger partial charge < -0.3 is 9.84 Å². The van der Waals surface area contributed by atoms with E-state index in [9.17, 15) is 20.0 Å². The second-order valence-corrected chi connectivity index (χ2v) is 10.9. The molecule has 5 rings (SSSR count). The lowest BCUT2D eigenvalue weighted by Crippen LogP contribution is -2.26. The van der Waals surface area contributed by atoms with E-state index in [-0.39, 0.29) is 5.69 Å². The minimum absolute atomic E-state index is 0.0750. The number of nitrogens with zero attached hydrogens (tertiary/aromatic N) is 2. The number of thioether (sulfide) groups is 1. The van der Waals surface area contributed by atoms with Crippen molar-refractivity contribution in [3.63, 3.8) is 0 Å². The number of ether oxygens (including phenoxy) is 1. The summed E-state index contributed by atoms with van der Waals surface area (Å²) in [6.07, 6.45) is 1.14. The zero-order chi connectivity index (χ0) is 25.9. The van der Waals surface area contributed by atoms with Crippen molar-refractivity contribution in [2.75, 3.05) is 0 Å². The van der Waals surface area contributed by atoms with Gasteiger partial charge in [-0.25, -0.2) is 9.78 Å². The van der Waals surface area contributed by atoms with Gasteiger partial charge >= 0.3 is 5.97 Å². The average Bonchev–Trinajstić information content (AvgIpc) is 3.34. The van der Waals surface area contributed by atoms with E-state index >= 15 is 0 Å². The molecule has 9 heteroatoms. The molecule has 3 aromatic carbocycles. The molecule has 0 aliphatic heterocycles.